The molecule has 0 amide bonds. The van der Waals surface area contributed by atoms with Crippen LogP contribution in [0.25, 0.3) is 77.6 Å². The second kappa shape index (κ2) is 14.4. The zero-order valence-electron chi connectivity index (χ0n) is 30.7. The van der Waals surface area contributed by atoms with Gasteiger partial charge in [0.25, 0.3) is 0 Å². The number of rotatable bonds is 8. The second-order valence-corrected chi connectivity index (χ2v) is 14.2. The summed E-state index contributed by atoms with van der Waals surface area (Å²) in [6.07, 6.45) is 0. The third-order valence-electron chi connectivity index (χ3n) is 10.7. The van der Waals surface area contributed by atoms with E-state index in [0.29, 0.717) is 0 Å². The number of furan rings is 1. The molecule has 0 aliphatic rings. The molecule has 9 aromatic carbocycles. The first-order chi connectivity index (χ1) is 27.7. The Hall–Kier alpha value is -7.42. The van der Waals surface area contributed by atoms with Gasteiger partial charge in [0.05, 0.1) is 11.4 Å². The van der Waals surface area contributed by atoms with Crippen LogP contribution >= 0.6 is 0 Å². The summed E-state index contributed by atoms with van der Waals surface area (Å²) in [5.74, 6) is 0.877. The molecule has 10 rings (SSSR count). The quantitative estimate of drug-likeness (QED) is 0.156. The van der Waals surface area contributed by atoms with E-state index in [2.05, 4.69) is 211 Å². The highest BCUT2D eigenvalue weighted by Gasteiger charge is 2.21. The fourth-order valence-corrected chi connectivity index (χ4v) is 7.85. The Morgan fingerprint density at radius 2 is 0.786 bits per heavy atom. The fourth-order valence-electron chi connectivity index (χ4n) is 7.85. The van der Waals surface area contributed by atoms with Crippen LogP contribution in [-0.2, 0) is 0 Å². The van der Waals surface area contributed by atoms with Crippen LogP contribution in [0, 0.1) is 0 Å². The van der Waals surface area contributed by atoms with E-state index in [1.54, 1.807) is 0 Å². The van der Waals surface area contributed by atoms with Crippen LogP contribution in [0.1, 0.15) is 0 Å². The van der Waals surface area contributed by atoms with E-state index in [1.807, 2.05) is 18.2 Å². The summed E-state index contributed by atoms with van der Waals surface area (Å²) in [6, 6.07) is 80.2. The van der Waals surface area contributed by atoms with Gasteiger partial charge in [-0.1, -0.05) is 176 Å². The minimum Gasteiger partial charge on any atom is -0.456 e. The first-order valence-corrected chi connectivity index (χ1v) is 19.1. The van der Waals surface area contributed by atoms with Crippen molar-refractivity contribution in [1.82, 2.24) is 0 Å². The van der Waals surface area contributed by atoms with Crippen LogP contribution in [0.2, 0.25) is 0 Å². The van der Waals surface area contributed by atoms with Gasteiger partial charge in [-0.2, -0.15) is 0 Å². The summed E-state index contributed by atoms with van der Waals surface area (Å²) in [7, 11) is 0. The van der Waals surface area contributed by atoms with Crippen molar-refractivity contribution in [3.8, 4) is 55.8 Å². The van der Waals surface area contributed by atoms with Crippen LogP contribution in [0.5, 0.6) is 0 Å². The number of benzene rings is 9. The summed E-state index contributed by atoms with van der Waals surface area (Å²) in [6.45, 7) is 0. The first kappa shape index (κ1) is 33.2. The van der Waals surface area contributed by atoms with Crippen molar-refractivity contribution in [2.45, 2.75) is 0 Å². The average Bonchev–Trinajstić information content (AvgIpc) is 3.72. The minimum atomic E-state index is 0.877. The van der Waals surface area contributed by atoms with E-state index < -0.39 is 0 Å². The molecule has 1 aromatic heterocycles. The Morgan fingerprint density at radius 3 is 1.52 bits per heavy atom. The predicted octanol–water partition coefficient (Wildman–Crippen LogP) is 15.4. The highest BCUT2D eigenvalue weighted by Crippen LogP contribution is 2.45. The SMILES string of the molecule is c1ccc(-c2ccc(-c3ccccc3N(c3ccc4cc(-c5cccc(-c6cc7ccccc7o6)c5)ccc4c3)c3ccccc3-c3ccccc3)cc2)cc1. The van der Waals surface area contributed by atoms with Crippen molar-refractivity contribution in [3.63, 3.8) is 0 Å². The first-order valence-electron chi connectivity index (χ1n) is 19.1. The Bertz CT molecular complexity index is 2930. The van der Waals surface area contributed by atoms with Crippen molar-refractivity contribution in [1.29, 1.82) is 0 Å². The van der Waals surface area contributed by atoms with Crippen LogP contribution in [-0.4, -0.2) is 0 Å². The molecule has 0 bridgehead atoms. The highest BCUT2D eigenvalue weighted by molar-refractivity contribution is 5.97. The molecule has 56 heavy (non-hydrogen) atoms. The van der Waals surface area contributed by atoms with Crippen LogP contribution in [0.15, 0.2) is 229 Å². The molecular formula is C54H37NO. The number of fused-ring (bicyclic) bond motifs is 2. The van der Waals surface area contributed by atoms with E-state index >= 15 is 0 Å². The number of nitrogens with zero attached hydrogens (tertiary/aromatic N) is 1. The lowest BCUT2D eigenvalue weighted by Gasteiger charge is -2.30. The van der Waals surface area contributed by atoms with E-state index in [1.165, 1.54) is 38.6 Å². The Labute approximate surface area is 327 Å². The lowest BCUT2D eigenvalue weighted by molar-refractivity contribution is 0.631. The molecule has 0 unspecified atom stereocenters. The number of para-hydroxylation sites is 3. The minimum absolute atomic E-state index is 0.877. The molecule has 0 saturated carbocycles. The molecule has 2 nitrogen and oxygen atoms in total. The molecular weight excluding hydrogens is 679 g/mol. The van der Waals surface area contributed by atoms with Crippen LogP contribution in [0.3, 0.4) is 0 Å². The smallest absolute Gasteiger partial charge is 0.135 e. The van der Waals surface area contributed by atoms with E-state index in [0.717, 1.165) is 56.0 Å². The van der Waals surface area contributed by atoms with Gasteiger partial charge in [0.1, 0.15) is 11.3 Å². The normalized spacial score (nSPS) is 11.2. The second-order valence-electron chi connectivity index (χ2n) is 14.2. The lowest BCUT2D eigenvalue weighted by Crippen LogP contribution is -2.12. The largest absolute Gasteiger partial charge is 0.456 e. The third kappa shape index (κ3) is 6.34. The molecule has 0 radical (unpaired) electrons. The molecule has 264 valence electrons. The molecule has 0 N–H and O–H groups in total. The molecule has 10 aromatic rings. The Morgan fingerprint density at radius 1 is 0.286 bits per heavy atom. The van der Waals surface area contributed by atoms with E-state index in [9.17, 15) is 0 Å². The summed E-state index contributed by atoms with van der Waals surface area (Å²) in [5.41, 5.74) is 14.7. The molecule has 0 fully saturated rings. The monoisotopic (exact) mass is 715 g/mol. The summed E-state index contributed by atoms with van der Waals surface area (Å²) in [4.78, 5) is 2.42. The van der Waals surface area contributed by atoms with Crippen LogP contribution < -0.4 is 4.90 Å². The summed E-state index contributed by atoms with van der Waals surface area (Å²) >= 11 is 0. The maximum atomic E-state index is 6.22. The highest BCUT2D eigenvalue weighted by atomic mass is 16.3. The third-order valence-corrected chi connectivity index (χ3v) is 10.7. The lowest BCUT2D eigenvalue weighted by atomic mass is 9.96. The molecule has 0 spiro atoms. The van der Waals surface area contributed by atoms with Gasteiger partial charge in [0.15, 0.2) is 0 Å². The van der Waals surface area contributed by atoms with Gasteiger partial charge >= 0.3 is 0 Å². The number of hydrogen-bond acceptors (Lipinski definition) is 2. The maximum Gasteiger partial charge on any atom is 0.135 e. The summed E-state index contributed by atoms with van der Waals surface area (Å²) < 4.78 is 6.22. The molecule has 1 heterocycles. The van der Waals surface area contributed by atoms with Crippen molar-refractivity contribution >= 4 is 38.8 Å². The molecule has 0 saturated heterocycles. The standard InChI is InChI=1S/C54H37NO/c1-3-14-38(15-4-1)39-26-28-41(29-27-39)50-22-9-11-24-52(50)55(51-23-10-8-21-49(51)40-16-5-2-6-17-40)48-33-32-44-34-43(30-31-45(44)36-48)42-19-13-20-46(35-42)54-37-47-18-7-12-25-53(47)56-54/h1-37H. The average molecular weight is 716 g/mol. The van der Waals surface area contributed by atoms with Crippen molar-refractivity contribution in [3.05, 3.63) is 224 Å². The summed E-state index contributed by atoms with van der Waals surface area (Å²) in [5, 5.41) is 3.46. The molecule has 2 heteroatoms. The number of anilines is 3. The van der Waals surface area contributed by atoms with Gasteiger partial charge in [-0.3, -0.25) is 0 Å². The Balaban J connectivity index is 1.07. The fraction of sp³-hybridized carbons (Fsp3) is 0. The predicted molar refractivity (Wildman–Crippen MR) is 236 cm³/mol. The van der Waals surface area contributed by atoms with Gasteiger partial charge in [-0.25, -0.2) is 0 Å². The molecule has 0 aliphatic heterocycles. The van der Waals surface area contributed by atoms with Gasteiger partial charge in [0, 0.05) is 27.8 Å². The Kier molecular flexibility index (Phi) is 8.55. The van der Waals surface area contributed by atoms with Gasteiger partial charge < -0.3 is 9.32 Å². The molecule has 0 atom stereocenters. The van der Waals surface area contributed by atoms with E-state index in [-0.39, 0.29) is 0 Å². The molecule has 0 aliphatic carbocycles. The van der Waals surface area contributed by atoms with Crippen LogP contribution in [0.4, 0.5) is 17.1 Å². The topological polar surface area (TPSA) is 16.4 Å². The van der Waals surface area contributed by atoms with Gasteiger partial charge in [-0.05, 0) is 92.7 Å². The van der Waals surface area contributed by atoms with Crippen molar-refractivity contribution in [2.24, 2.45) is 0 Å². The zero-order valence-corrected chi connectivity index (χ0v) is 30.7. The maximum absolute atomic E-state index is 6.22. The van der Waals surface area contributed by atoms with Gasteiger partial charge in [0.2, 0.25) is 0 Å². The zero-order chi connectivity index (χ0) is 37.3. The van der Waals surface area contributed by atoms with Crippen molar-refractivity contribution in [2.75, 3.05) is 4.90 Å². The van der Waals surface area contributed by atoms with Gasteiger partial charge in [-0.15, -0.1) is 0 Å². The van der Waals surface area contributed by atoms with E-state index in [4.69, 9.17) is 4.42 Å². The number of hydrogen-bond donors (Lipinski definition) is 0. The van der Waals surface area contributed by atoms with Crippen molar-refractivity contribution < 1.29 is 4.42 Å².